The zero-order valence-electron chi connectivity index (χ0n) is 8.38. The molecule has 0 radical (unpaired) electrons. The Kier molecular flexibility index (Phi) is 14.8. The third-order valence-electron chi connectivity index (χ3n) is 0.631. The van der Waals surface area contributed by atoms with E-state index >= 15 is 0 Å². The van der Waals surface area contributed by atoms with E-state index in [1.54, 1.807) is 6.92 Å². The van der Waals surface area contributed by atoms with Crippen LogP contribution in [-0.2, 0) is 14.5 Å². The van der Waals surface area contributed by atoms with Gasteiger partial charge < -0.3 is 9.62 Å². The SMILES string of the molecule is C=COOC(C)Br.CC(Br)OC(C)Br. The van der Waals surface area contributed by atoms with E-state index in [9.17, 15) is 0 Å². The molecule has 3 unspecified atom stereocenters. The maximum atomic E-state index is 5.08. The smallest absolute Gasteiger partial charge is 0.156 e. The van der Waals surface area contributed by atoms with Crippen LogP contribution < -0.4 is 0 Å². The van der Waals surface area contributed by atoms with Crippen molar-refractivity contribution in [3.8, 4) is 0 Å². The molecule has 0 aromatic carbocycles. The Morgan fingerprint density at radius 1 is 1.00 bits per heavy atom. The first kappa shape index (κ1) is 17.3. The van der Waals surface area contributed by atoms with Crippen molar-refractivity contribution in [2.75, 3.05) is 0 Å². The molecule has 0 fully saturated rings. The highest BCUT2D eigenvalue weighted by Crippen LogP contribution is 2.07. The minimum absolute atomic E-state index is 0.0782. The second-order valence-corrected chi connectivity index (χ2v) is 5.99. The molecule has 0 aromatic heterocycles. The van der Waals surface area contributed by atoms with Gasteiger partial charge in [0.15, 0.2) is 5.01 Å². The molecular formula is C8H15Br3O3. The zero-order valence-corrected chi connectivity index (χ0v) is 13.1. The standard InChI is InChI=1S/C4H8Br2O.C4H7BrO2/c1-3(5)7-4(2)6;1-3-6-7-4(2)5/h3-4H,1-2H3;3-4H,1H2,2H3. The zero-order chi connectivity index (χ0) is 11.6. The topological polar surface area (TPSA) is 27.7 Å². The highest BCUT2D eigenvalue weighted by molar-refractivity contribution is 9.10. The minimum Gasteiger partial charge on any atom is -0.353 e. The van der Waals surface area contributed by atoms with Crippen LogP contribution >= 0.6 is 47.8 Å². The molecule has 3 nitrogen and oxygen atoms in total. The van der Waals surface area contributed by atoms with Crippen LogP contribution in [0.25, 0.3) is 0 Å². The predicted octanol–water partition coefficient (Wildman–Crippen LogP) is 4.30. The summed E-state index contributed by atoms with van der Waals surface area (Å²) in [6.07, 6.45) is 1.22. The van der Waals surface area contributed by atoms with Crippen molar-refractivity contribution in [1.29, 1.82) is 0 Å². The third-order valence-corrected chi connectivity index (χ3v) is 1.22. The summed E-state index contributed by atoms with van der Waals surface area (Å²) < 4.78 is 5.08. The van der Waals surface area contributed by atoms with E-state index in [4.69, 9.17) is 4.74 Å². The first-order valence-electron chi connectivity index (χ1n) is 3.90. The van der Waals surface area contributed by atoms with E-state index < -0.39 is 0 Å². The number of ether oxygens (including phenoxy) is 1. The van der Waals surface area contributed by atoms with Crippen LogP contribution in [0.2, 0.25) is 0 Å². The number of alkyl halides is 3. The second kappa shape index (κ2) is 12.0. The van der Waals surface area contributed by atoms with Gasteiger partial charge in [0.2, 0.25) is 0 Å². The van der Waals surface area contributed by atoms with Gasteiger partial charge in [-0.1, -0.05) is 54.4 Å². The summed E-state index contributed by atoms with van der Waals surface area (Å²) in [7, 11) is 0. The quantitative estimate of drug-likeness (QED) is 0.299. The summed E-state index contributed by atoms with van der Waals surface area (Å²) in [5.41, 5.74) is 0. The molecule has 0 heterocycles. The lowest BCUT2D eigenvalue weighted by molar-refractivity contribution is -0.253. The van der Waals surface area contributed by atoms with E-state index in [1.165, 1.54) is 6.26 Å². The van der Waals surface area contributed by atoms with Gasteiger partial charge in [0.1, 0.15) is 16.3 Å². The lowest BCUT2D eigenvalue weighted by Crippen LogP contribution is -2.03. The van der Waals surface area contributed by atoms with Crippen LogP contribution in [0.15, 0.2) is 12.8 Å². The van der Waals surface area contributed by atoms with Crippen molar-refractivity contribution >= 4 is 47.8 Å². The van der Waals surface area contributed by atoms with Gasteiger partial charge >= 0.3 is 0 Å². The second-order valence-electron chi connectivity index (χ2n) is 2.12. The lowest BCUT2D eigenvalue weighted by atomic mass is 10.8. The molecule has 0 aliphatic rings. The van der Waals surface area contributed by atoms with Crippen molar-refractivity contribution < 1.29 is 14.5 Å². The van der Waals surface area contributed by atoms with Gasteiger partial charge in [-0.05, 0) is 20.8 Å². The highest BCUT2D eigenvalue weighted by atomic mass is 79.9. The fourth-order valence-electron chi connectivity index (χ4n) is 0.374. The molecule has 3 atom stereocenters. The molecule has 0 rings (SSSR count). The average molecular weight is 399 g/mol. The van der Waals surface area contributed by atoms with Crippen LogP contribution in [0.4, 0.5) is 0 Å². The van der Waals surface area contributed by atoms with E-state index in [-0.39, 0.29) is 15.0 Å². The summed E-state index contributed by atoms with van der Waals surface area (Å²) in [5.74, 6) is 0. The molecule has 6 heteroatoms. The van der Waals surface area contributed by atoms with E-state index in [2.05, 4.69) is 64.1 Å². The number of halogens is 3. The van der Waals surface area contributed by atoms with E-state index in [0.29, 0.717) is 0 Å². The summed E-state index contributed by atoms with van der Waals surface area (Å²) in [5, 5.41) is 0.203. The maximum Gasteiger partial charge on any atom is 0.156 e. The highest BCUT2D eigenvalue weighted by Gasteiger charge is 1.97. The van der Waals surface area contributed by atoms with Crippen LogP contribution in [0.3, 0.4) is 0 Å². The van der Waals surface area contributed by atoms with Gasteiger partial charge in [-0.3, -0.25) is 0 Å². The number of hydrogen-bond donors (Lipinski definition) is 0. The van der Waals surface area contributed by atoms with Gasteiger partial charge in [-0.15, -0.1) is 0 Å². The molecule has 0 bridgehead atoms. The molecule has 0 aromatic rings. The van der Waals surface area contributed by atoms with Crippen molar-refractivity contribution in [2.24, 2.45) is 0 Å². The summed E-state index contributed by atoms with van der Waals surface area (Å²) in [6.45, 7) is 8.92. The Balaban J connectivity index is 0. The molecule has 0 saturated carbocycles. The fraction of sp³-hybridized carbons (Fsp3) is 0.750. The minimum atomic E-state index is -0.0782. The number of rotatable bonds is 5. The average Bonchev–Trinajstić information content (AvgIpc) is 1.99. The molecule has 0 amide bonds. The Labute approximate surface area is 110 Å². The molecule has 0 saturated heterocycles. The first-order valence-corrected chi connectivity index (χ1v) is 6.65. The lowest BCUT2D eigenvalue weighted by Gasteiger charge is -2.06. The molecule has 14 heavy (non-hydrogen) atoms. The van der Waals surface area contributed by atoms with E-state index in [0.717, 1.165) is 0 Å². The third kappa shape index (κ3) is 23.1. The Morgan fingerprint density at radius 3 is 1.50 bits per heavy atom. The van der Waals surface area contributed by atoms with Gasteiger partial charge in [-0.25, -0.2) is 0 Å². The van der Waals surface area contributed by atoms with Gasteiger partial charge in [0.05, 0.1) is 0 Å². The monoisotopic (exact) mass is 396 g/mol. The van der Waals surface area contributed by atoms with Gasteiger partial charge in [-0.2, -0.15) is 4.89 Å². The van der Waals surface area contributed by atoms with E-state index in [1.807, 2.05) is 13.8 Å². The molecule has 0 aliphatic heterocycles. The summed E-state index contributed by atoms with van der Waals surface area (Å²) in [6, 6.07) is 0. The summed E-state index contributed by atoms with van der Waals surface area (Å²) >= 11 is 9.53. The number of hydrogen-bond acceptors (Lipinski definition) is 3. The van der Waals surface area contributed by atoms with Crippen molar-refractivity contribution in [1.82, 2.24) is 0 Å². The Hall–Kier alpha value is 0.900. The summed E-state index contributed by atoms with van der Waals surface area (Å²) in [4.78, 5) is 8.80. The molecule has 0 aliphatic carbocycles. The van der Waals surface area contributed by atoms with Crippen LogP contribution in [0, 0.1) is 0 Å². The van der Waals surface area contributed by atoms with Gasteiger partial charge in [0.25, 0.3) is 0 Å². The largest absolute Gasteiger partial charge is 0.353 e. The van der Waals surface area contributed by atoms with Crippen LogP contribution in [0.5, 0.6) is 0 Å². The maximum absolute atomic E-state index is 5.08. The molecule has 0 spiro atoms. The molecule has 86 valence electrons. The first-order chi connectivity index (χ1) is 6.40. The fourth-order valence-corrected chi connectivity index (χ4v) is 1.40. The van der Waals surface area contributed by atoms with Crippen molar-refractivity contribution in [2.45, 2.75) is 35.8 Å². The van der Waals surface area contributed by atoms with Crippen molar-refractivity contribution in [3.63, 3.8) is 0 Å². The van der Waals surface area contributed by atoms with Crippen molar-refractivity contribution in [3.05, 3.63) is 12.8 Å². The van der Waals surface area contributed by atoms with Crippen LogP contribution in [-0.4, -0.2) is 15.0 Å². The normalized spacial score (nSPS) is 15.9. The molecular weight excluding hydrogens is 384 g/mol. The Bertz CT molecular complexity index is 123. The predicted molar refractivity (Wildman–Crippen MR) is 68.6 cm³/mol. The van der Waals surface area contributed by atoms with Gasteiger partial charge in [0, 0.05) is 0 Å². The molecule has 0 N–H and O–H groups in total. The Morgan fingerprint density at radius 2 is 1.43 bits per heavy atom. The van der Waals surface area contributed by atoms with Crippen LogP contribution in [0.1, 0.15) is 20.8 Å².